The topological polar surface area (TPSA) is 122 Å². The van der Waals surface area contributed by atoms with Crippen LogP contribution in [0.4, 0.5) is 5.13 Å². The van der Waals surface area contributed by atoms with Gasteiger partial charge in [0.2, 0.25) is 11.0 Å². The SMILES string of the molecule is COc1ccccc1-n1c(O)c(C=Nc2nnc(-c3ccccc3)s2)c(=O)[nH]c1=O. The molecule has 0 fully saturated rings. The molecule has 0 amide bonds. The molecule has 0 aliphatic rings. The van der Waals surface area contributed by atoms with E-state index in [2.05, 4.69) is 20.2 Å². The molecule has 150 valence electrons. The average Bonchev–Trinajstić information content (AvgIpc) is 3.23. The van der Waals surface area contributed by atoms with E-state index in [1.165, 1.54) is 18.4 Å². The van der Waals surface area contributed by atoms with Crippen molar-refractivity contribution < 1.29 is 9.84 Å². The predicted octanol–water partition coefficient (Wildman–Crippen LogP) is 2.51. The van der Waals surface area contributed by atoms with Gasteiger partial charge in [-0.2, -0.15) is 0 Å². The maximum atomic E-state index is 12.3. The van der Waals surface area contributed by atoms with E-state index in [4.69, 9.17) is 4.74 Å². The standard InChI is InChI=1S/C20H15N5O4S/c1-29-15-10-6-5-9-14(15)25-18(27)13(16(26)22-20(25)28)11-21-19-24-23-17(30-19)12-7-3-2-4-8-12/h2-11,27H,1H3,(H,22,26,28). The van der Waals surface area contributed by atoms with Crippen molar-refractivity contribution in [2.24, 2.45) is 4.99 Å². The van der Waals surface area contributed by atoms with Crippen LogP contribution in [0.25, 0.3) is 16.3 Å². The van der Waals surface area contributed by atoms with Crippen LogP contribution in [-0.4, -0.2) is 38.2 Å². The first-order valence-electron chi connectivity index (χ1n) is 8.73. The van der Waals surface area contributed by atoms with E-state index in [1.807, 2.05) is 30.3 Å². The number of para-hydroxylation sites is 2. The number of nitrogens with one attached hydrogen (secondary N) is 1. The quantitative estimate of drug-likeness (QED) is 0.478. The third-order valence-corrected chi connectivity index (χ3v) is 5.07. The first kappa shape index (κ1) is 19.3. The van der Waals surface area contributed by atoms with Crippen molar-refractivity contribution in [2.75, 3.05) is 7.11 Å². The number of aromatic hydroxyl groups is 1. The largest absolute Gasteiger partial charge is 0.495 e. The lowest BCUT2D eigenvalue weighted by molar-refractivity contribution is 0.401. The Morgan fingerprint density at radius 3 is 2.60 bits per heavy atom. The van der Waals surface area contributed by atoms with Crippen LogP contribution in [0, 0.1) is 0 Å². The van der Waals surface area contributed by atoms with Crippen molar-refractivity contribution in [3.8, 4) is 27.9 Å². The van der Waals surface area contributed by atoms with Gasteiger partial charge in [0.1, 0.15) is 16.3 Å². The molecule has 0 saturated carbocycles. The zero-order valence-corrected chi connectivity index (χ0v) is 16.5. The minimum Gasteiger partial charge on any atom is -0.495 e. The van der Waals surface area contributed by atoms with Crippen LogP contribution in [-0.2, 0) is 0 Å². The van der Waals surface area contributed by atoms with E-state index in [-0.39, 0.29) is 11.3 Å². The van der Waals surface area contributed by atoms with Gasteiger partial charge in [-0.1, -0.05) is 53.8 Å². The first-order valence-corrected chi connectivity index (χ1v) is 9.55. The van der Waals surface area contributed by atoms with Gasteiger partial charge in [0.05, 0.1) is 12.8 Å². The van der Waals surface area contributed by atoms with Gasteiger partial charge in [-0.05, 0) is 12.1 Å². The number of hydrogen-bond donors (Lipinski definition) is 2. The molecule has 2 aromatic heterocycles. The van der Waals surface area contributed by atoms with Crippen LogP contribution in [0.3, 0.4) is 0 Å². The predicted molar refractivity (Wildman–Crippen MR) is 113 cm³/mol. The molecule has 0 unspecified atom stereocenters. The molecule has 2 aromatic carbocycles. The third-order valence-electron chi connectivity index (χ3n) is 4.19. The summed E-state index contributed by atoms with van der Waals surface area (Å²) in [5.41, 5.74) is -0.615. The van der Waals surface area contributed by atoms with Crippen molar-refractivity contribution in [3.63, 3.8) is 0 Å². The van der Waals surface area contributed by atoms with Crippen LogP contribution in [0.1, 0.15) is 5.56 Å². The molecule has 4 rings (SSSR count). The van der Waals surface area contributed by atoms with Crippen LogP contribution in [0.15, 0.2) is 69.2 Å². The number of aromatic amines is 1. The van der Waals surface area contributed by atoms with Crippen molar-refractivity contribution in [2.45, 2.75) is 0 Å². The summed E-state index contributed by atoms with van der Waals surface area (Å²) in [6.07, 6.45) is 1.15. The molecular formula is C20H15N5O4S. The van der Waals surface area contributed by atoms with Crippen molar-refractivity contribution in [1.29, 1.82) is 0 Å². The van der Waals surface area contributed by atoms with Crippen LogP contribution in [0.5, 0.6) is 11.6 Å². The molecule has 0 aliphatic heterocycles. The summed E-state index contributed by atoms with van der Waals surface area (Å²) in [7, 11) is 1.44. The lowest BCUT2D eigenvalue weighted by atomic mass is 10.2. The second-order valence-electron chi connectivity index (χ2n) is 6.02. The molecule has 0 bridgehead atoms. The van der Waals surface area contributed by atoms with Gasteiger partial charge in [0.25, 0.3) is 5.56 Å². The summed E-state index contributed by atoms with van der Waals surface area (Å²) in [6.45, 7) is 0. The Bertz CT molecular complexity index is 1340. The fourth-order valence-corrected chi connectivity index (χ4v) is 3.47. The van der Waals surface area contributed by atoms with Crippen molar-refractivity contribution in [3.05, 3.63) is 81.0 Å². The molecule has 2 N–H and O–H groups in total. The Labute approximate surface area is 173 Å². The number of nitrogens with zero attached hydrogens (tertiary/aromatic N) is 4. The summed E-state index contributed by atoms with van der Waals surface area (Å²) in [5, 5.41) is 19.7. The summed E-state index contributed by atoms with van der Waals surface area (Å²) in [6, 6.07) is 16.1. The summed E-state index contributed by atoms with van der Waals surface area (Å²) in [4.78, 5) is 30.9. The first-order chi connectivity index (χ1) is 14.6. The van der Waals surface area contributed by atoms with Crippen LogP contribution >= 0.6 is 11.3 Å². The van der Waals surface area contributed by atoms with E-state index in [0.717, 1.165) is 16.3 Å². The van der Waals surface area contributed by atoms with Crippen LogP contribution < -0.4 is 16.0 Å². The Hall–Kier alpha value is -4.05. The monoisotopic (exact) mass is 421 g/mol. The van der Waals surface area contributed by atoms with Crippen molar-refractivity contribution >= 4 is 22.7 Å². The Morgan fingerprint density at radius 1 is 1.10 bits per heavy atom. The highest BCUT2D eigenvalue weighted by atomic mass is 32.1. The number of aromatic nitrogens is 4. The second kappa shape index (κ2) is 8.13. The number of benzene rings is 2. The molecule has 0 radical (unpaired) electrons. The normalized spacial score (nSPS) is 11.1. The number of H-pyrrole nitrogens is 1. The Kier molecular flexibility index (Phi) is 5.22. The molecule has 0 atom stereocenters. The molecule has 4 aromatic rings. The summed E-state index contributed by atoms with van der Waals surface area (Å²) < 4.78 is 6.18. The fourth-order valence-electron chi connectivity index (χ4n) is 2.78. The van der Waals surface area contributed by atoms with E-state index in [1.54, 1.807) is 24.3 Å². The number of ether oxygens (including phenoxy) is 1. The van der Waals surface area contributed by atoms with Gasteiger partial charge in [-0.25, -0.2) is 14.4 Å². The maximum Gasteiger partial charge on any atom is 0.335 e. The third kappa shape index (κ3) is 3.63. The van der Waals surface area contributed by atoms with E-state index >= 15 is 0 Å². The van der Waals surface area contributed by atoms with Gasteiger partial charge in [0.15, 0.2) is 0 Å². The number of rotatable bonds is 5. The summed E-state index contributed by atoms with van der Waals surface area (Å²) in [5.74, 6) is -0.216. The molecule has 2 heterocycles. The minimum atomic E-state index is -0.804. The van der Waals surface area contributed by atoms with Crippen LogP contribution in [0.2, 0.25) is 0 Å². The van der Waals surface area contributed by atoms with E-state index in [9.17, 15) is 14.7 Å². The van der Waals surface area contributed by atoms with Crippen molar-refractivity contribution in [1.82, 2.24) is 19.7 Å². The average molecular weight is 421 g/mol. The molecule has 10 heteroatoms. The molecule has 0 aliphatic carbocycles. The molecule has 9 nitrogen and oxygen atoms in total. The molecular weight excluding hydrogens is 406 g/mol. The smallest absolute Gasteiger partial charge is 0.335 e. The minimum absolute atomic E-state index is 0.197. The van der Waals surface area contributed by atoms with Gasteiger partial charge >= 0.3 is 5.69 Å². The zero-order chi connectivity index (χ0) is 21.1. The maximum absolute atomic E-state index is 12.3. The van der Waals surface area contributed by atoms with Gasteiger partial charge in [0, 0.05) is 11.8 Å². The molecule has 30 heavy (non-hydrogen) atoms. The Balaban J connectivity index is 1.75. The second-order valence-corrected chi connectivity index (χ2v) is 6.97. The number of methoxy groups -OCH3 is 1. The number of aliphatic imine (C=N–C) groups is 1. The van der Waals surface area contributed by atoms with E-state index in [0.29, 0.717) is 15.9 Å². The number of hydrogen-bond acceptors (Lipinski definition) is 8. The lowest BCUT2D eigenvalue weighted by Crippen LogP contribution is -2.31. The van der Waals surface area contributed by atoms with E-state index < -0.39 is 17.1 Å². The highest BCUT2D eigenvalue weighted by Crippen LogP contribution is 2.28. The zero-order valence-electron chi connectivity index (χ0n) is 15.6. The highest BCUT2D eigenvalue weighted by Gasteiger charge is 2.17. The highest BCUT2D eigenvalue weighted by molar-refractivity contribution is 7.18. The van der Waals surface area contributed by atoms with Gasteiger partial charge in [-0.3, -0.25) is 9.78 Å². The molecule has 0 saturated heterocycles. The molecule has 0 spiro atoms. The summed E-state index contributed by atoms with van der Waals surface area (Å²) >= 11 is 1.22. The van der Waals surface area contributed by atoms with Gasteiger partial charge < -0.3 is 9.84 Å². The lowest BCUT2D eigenvalue weighted by Gasteiger charge is -2.12. The fraction of sp³-hybridized carbons (Fsp3) is 0.0500. The van der Waals surface area contributed by atoms with Gasteiger partial charge in [-0.15, -0.1) is 10.2 Å². The Morgan fingerprint density at radius 2 is 1.83 bits per heavy atom.